The molecule has 7 nitrogen and oxygen atoms in total. The number of hydrogen-bond acceptors (Lipinski definition) is 7. The van der Waals surface area contributed by atoms with E-state index < -0.39 is 28.3 Å². The normalized spacial score (nSPS) is 13.3. The molecule has 0 aromatic rings. The van der Waals surface area contributed by atoms with Gasteiger partial charge in [0.05, 0.1) is 12.7 Å². The Balaban J connectivity index is 4.82. The van der Waals surface area contributed by atoms with Crippen molar-refractivity contribution in [1.82, 2.24) is 5.32 Å². The quantitative estimate of drug-likeness (QED) is 0.493. The third-order valence-electron chi connectivity index (χ3n) is 2.81. The standard InChI is InChI=1S/C16H27NO6S/c1-7-22-16(21)14(17-15(20)9(2)3)11(6)24-13(19)8-12(18)23-10(4)5/h9-11,14H,7-8H2,1-6H3,(H,17,20). The van der Waals surface area contributed by atoms with Crippen LogP contribution >= 0.6 is 11.8 Å². The molecule has 1 amide bonds. The summed E-state index contributed by atoms with van der Waals surface area (Å²) in [6, 6.07) is -0.963. The van der Waals surface area contributed by atoms with Gasteiger partial charge in [0.1, 0.15) is 12.5 Å². The number of thioether (sulfide) groups is 1. The summed E-state index contributed by atoms with van der Waals surface area (Å²) in [5.41, 5.74) is 0. The molecule has 0 aromatic heterocycles. The molecule has 2 unspecified atom stereocenters. The van der Waals surface area contributed by atoms with Crippen LogP contribution in [-0.4, -0.2) is 47.0 Å². The molecule has 0 heterocycles. The summed E-state index contributed by atoms with van der Waals surface area (Å²) >= 11 is 0.816. The minimum atomic E-state index is -0.963. The minimum absolute atomic E-state index is 0.166. The van der Waals surface area contributed by atoms with Crippen molar-refractivity contribution in [3.63, 3.8) is 0 Å². The van der Waals surface area contributed by atoms with Crippen LogP contribution in [0, 0.1) is 5.92 Å². The number of esters is 2. The maximum atomic E-state index is 12.0. The maximum Gasteiger partial charge on any atom is 0.329 e. The second-order valence-electron chi connectivity index (χ2n) is 5.80. The van der Waals surface area contributed by atoms with Crippen LogP contribution in [0.5, 0.6) is 0 Å². The van der Waals surface area contributed by atoms with E-state index in [1.54, 1.807) is 41.5 Å². The van der Waals surface area contributed by atoms with E-state index in [-0.39, 0.29) is 31.0 Å². The van der Waals surface area contributed by atoms with Crippen molar-refractivity contribution < 1.29 is 28.7 Å². The molecular formula is C16H27NO6S. The van der Waals surface area contributed by atoms with Gasteiger partial charge in [-0.05, 0) is 20.8 Å². The zero-order valence-corrected chi connectivity index (χ0v) is 15.9. The van der Waals surface area contributed by atoms with Crippen molar-refractivity contribution >= 4 is 34.7 Å². The van der Waals surface area contributed by atoms with Crippen molar-refractivity contribution in [3.8, 4) is 0 Å². The van der Waals surface area contributed by atoms with Crippen LogP contribution in [0.25, 0.3) is 0 Å². The third-order valence-corrected chi connectivity index (χ3v) is 3.86. The van der Waals surface area contributed by atoms with Crippen molar-refractivity contribution in [3.05, 3.63) is 0 Å². The zero-order valence-electron chi connectivity index (χ0n) is 15.1. The zero-order chi connectivity index (χ0) is 18.9. The highest BCUT2D eigenvalue weighted by Gasteiger charge is 2.31. The lowest BCUT2D eigenvalue weighted by Crippen LogP contribution is -2.49. The summed E-state index contributed by atoms with van der Waals surface area (Å²) in [5, 5.41) is 1.58. The van der Waals surface area contributed by atoms with Crippen LogP contribution < -0.4 is 5.32 Å². The topological polar surface area (TPSA) is 98.8 Å². The number of carbonyl (C=O) groups is 4. The second kappa shape index (κ2) is 11.1. The van der Waals surface area contributed by atoms with E-state index in [1.165, 1.54) is 0 Å². The molecule has 0 aromatic carbocycles. The van der Waals surface area contributed by atoms with Crippen LogP contribution in [0.2, 0.25) is 0 Å². The van der Waals surface area contributed by atoms with Crippen molar-refractivity contribution in [2.45, 2.75) is 65.4 Å². The molecular weight excluding hydrogens is 334 g/mol. The smallest absolute Gasteiger partial charge is 0.329 e. The van der Waals surface area contributed by atoms with Gasteiger partial charge in [-0.2, -0.15) is 0 Å². The molecule has 0 bridgehead atoms. The number of amides is 1. The number of carbonyl (C=O) groups excluding carboxylic acids is 4. The average molecular weight is 361 g/mol. The van der Waals surface area contributed by atoms with Gasteiger partial charge in [0, 0.05) is 11.2 Å². The first-order chi connectivity index (χ1) is 11.1. The molecule has 0 fully saturated rings. The molecule has 0 saturated heterocycles. The van der Waals surface area contributed by atoms with Crippen LogP contribution in [0.3, 0.4) is 0 Å². The maximum absolute atomic E-state index is 12.0. The van der Waals surface area contributed by atoms with Gasteiger partial charge in [0.2, 0.25) is 5.91 Å². The highest BCUT2D eigenvalue weighted by Crippen LogP contribution is 2.19. The van der Waals surface area contributed by atoms with Crippen molar-refractivity contribution in [1.29, 1.82) is 0 Å². The van der Waals surface area contributed by atoms with Crippen LogP contribution in [0.15, 0.2) is 0 Å². The predicted molar refractivity (Wildman–Crippen MR) is 91.3 cm³/mol. The van der Waals surface area contributed by atoms with Gasteiger partial charge in [-0.3, -0.25) is 14.4 Å². The van der Waals surface area contributed by atoms with E-state index in [4.69, 9.17) is 9.47 Å². The van der Waals surface area contributed by atoms with E-state index in [9.17, 15) is 19.2 Å². The average Bonchev–Trinajstić information content (AvgIpc) is 2.42. The summed E-state index contributed by atoms with van der Waals surface area (Å²) < 4.78 is 9.86. The number of rotatable bonds is 9. The van der Waals surface area contributed by atoms with Crippen molar-refractivity contribution in [2.75, 3.05) is 6.61 Å². The highest BCUT2D eigenvalue weighted by molar-refractivity contribution is 8.14. The summed E-state index contributed by atoms with van der Waals surface area (Å²) in [4.78, 5) is 47.4. The summed E-state index contributed by atoms with van der Waals surface area (Å²) in [7, 11) is 0. The van der Waals surface area contributed by atoms with E-state index in [1.807, 2.05) is 0 Å². The molecule has 8 heteroatoms. The molecule has 1 N–H and O–H groups in total. The van der Waals surface area contributed by atoms with Crippen molar-refractivity contribution in [2.24, 2.45) is 5.92 Å². The Hall–Kier alpha value is -1.57. The van der Waals surface area contributed by atoms with Gasteiger partial charge >= 0.3 is 11.9 Å². The van der Waals surface area contributed by atoms with Gasteiger partial charge in [-0.1, -0.05) is 32.5 Å². The first-order valence-corrected chi connectivity index (χ1v) is 8.82. The van der Waals surface area contributed by atoms with E-state index in [0.29, 0.717) is 0 Å². The number of nitrogens with one attached hydrogen (secondary N) is 1. The second-order valence-corrected chi connectivity index (χ2v) is 7.24. The van der Waals surface area contributed by atoms with E-state index >= 15 is 0 Å². The summed E-state index contributed by atoms with van der Waals surface area (Å²) in [5.74, 6) is -1.85. The lowest BCUT2D eigenvalue weighted by atomic mass is 10.1. The van der Waals surface area contributed by atoms with E-state index in [0.717, 1.165) is 11.8 Å². The fourth-order valence-corrected chi connectivity index (χ4v) is 2.59. The molecule has 0 radical (unpaired) electrons. The van der Waals surface area contributed by atoms with Gasteiger partial charge in [-0.25, -0.2) is 4.79 Å². The molecule has 24 heavy (non-hydrogen) atoms. The molecule has 138 valence electrons. The Labute approximate surface area is 147 Å². The number of ether oxygens (including phenoxy) is 2. The first-order valence-electron chi connectivity index (χ1n) is 7.94. The Bertz CT molecular complexity index is 463. The van der Waals surface area contributed by atoms with Gasteiger partial charge in [-0.15, -0.1) is 0 Å². The SMILES string of the molecule is CCOC(=O)C(NC(=O)C(C)C)C(C)SC(=O)CC(=O)OC(C)C. The minimum Gasteiger partial charge on any atom is -0.464 e. The fraction of sp³-hybridized carbons (Fsp3) is 0.750. The first kappa shape index (κ1) is 22.4. The molecule has 0 spiro atoms. The molecule has 0 aliphatic rings. The predicted octanol–water partition coefficient (Wildman–Crippen LogP) is 1.68. The molecule has 0 aliphatic carbocycles. The molecule has 0 rings (SSSR count). The largest absolute Gasteiger partial charge is 0.464 e. The highest BCUT2D eigenvalue weighted by atomic mass is 32.2. The molecule has 0 saturated carbocycles. The van der Waals surface area contributed by atoms with Crippen LogP contribution in [0.1, 0.15) is 48.0 Å². The van der Waals surface area contributed by atoms with Gasteiger partial charge in [0.25, 0.3) is 0 Å². The van der Waals surface area contributed by atoms with Gasteiger partial charge in [0.15, 0.2) is 5.12 Å². The fourth-order valence-electron chi connectivity index (χ4n) is 1.66. The van der Waals surface area contributed by atoms with Crippen LogP contribution in [-0.2, 0) is 28.7 Å². The Morgan fingerprint density at radius 3 is 2.08 bits per heavy atom. The van der Waals surface area contributed by atoms with Crippen LogP contribution in [0.4, 0.5) is 0 Å². The van der Waals surface area contributed by atoms with E-state index in [2.05, 4.69) is 5.32 Å². The monoisotopic (exact) mass is 361 g/mol. The molecule has 0 aliphatic heterocycles. The summed E-state index contributed by atoms with van der Waals surface area (Å²) in [6.45, 7) is 10.2. The lowest BCUT2D eigenvalue weighted by molar-refractivity contribution is -0.148. The number of hydrogen-bond donors (Lipinski definition) is 1. The summed E-state index contributed by atoms with van der Waals surface area (Å²) in [6.07, 6.45) is -0.689. The lowest BCUT2D eigenvalue weighted by Gasteiger charge is -2.23. The van der Waals surface area contributed by atoms with Gasteiger partial charge < -0.3 is 14.8 Å². The molecule has 2 atom stereocenters. The third kappa shape index (κ3) is 8.90. The Morgan fingerprint density at radius 2 is 1.62 bits per heavy atom. The Kier molecular flexibility index (Phi) is 10.3. The Morgan fingerprint density at radius 1 is 1.04 bits per heavy atom.